The molecule has 2 atom stereocenters. The zero-order valence-electron chi connectivity index (χ0n) is 8.41. The summed E-state index contributed by atoms with van der Waals surface area (Å²) < 4.78 is 0. The van der Waals surface area contributed by atoms with Crippen molar-refractivity contribution in [1.29, 1.82) is 0 Å². The molecule has 2 fully saturated rings. The Morgan fingerprint density at radius 2 is 2.31 bits per heavy atom. The van der Waals surface area contributed by atoms with Gasteiger partial charge in [-0.05, 0) is 25.7 Å². The Balaban J connectivity index is 1.94. The molecule has 0 radical (unpaired) electrons. The van der Waals surface area contributed by atoms with Gasteiger partial charge in [-0.3, -0.25) is 4.90 Å². The second kappa shape index (κ2) is 4.20. The van der Waals surface area contributed by atoms with E-state index in [1.165, 1.54) is 30.9 Å². The molecule has 0 spiro atoms. The molecule has 76 valence electrons. The van der Waals surface area contributed by atoms with E-state index in [2.05, 4.69) is 23.6 Å². The lowest BCUT2D eigenvalue weighted by Gasteiger charge is -2.39. The SMILES string of the molecule is CC1CSCCN1C(CN)C1CC1. The second-order valence-corrected chi connectivity index (χ2v) is 5.45. The summed E-state index contributed by atoms with van der Waals surface area (Å²) in [7, 11) is 0. The third-order valence-electron chi connectivity index (χ3n) is 3.25. The fourth-order valence-corrected chi connectivity index (χ4v) is 3.35. The van der Waals surface area contributed by atoms with Crippen molar-refractivity contribution in [3.8, 4) is 0 Å². The molecule has 2 unspecified atom stereocenters. The maximum atomic E-state index is 5.86. The van der Waals surface area contributed by atoms with Gasteiger partial charge in [0.25, 0.3) is 0 Å². The van der Waals surface area contributed by atoms with Crippen molar-refractivity contribution in [2.45, 2.75) is 31.8 Å². The Labute approximate surface area is 85.2 Å². The van der Waals surface area contributed by atoms with Crippen LogP contribution < -0.4 is 5.73 Å². The van der Waals surface area contributed by atoms with E-state index in [1.807, 2.05) is 0 Å². The van der Waals surface area contributed by atoms with Crippen molar-refractivity contribution in [3.05, 3.63) is 0 Å². The quantitative estimate of drug-likeness (QED) is 0.741. The minimum atomic E-state index is 0.691. The van der Waals surface area contributed by atoms with Gasteiger partial charge in [0.2, 0.25) is 0 Å². The molecule has 0 aromatic rings. The van der Waals surface area contributed by atoms with Gasteiger partial charge >= 0.3 is 0 Å². The van der Waals surface area contributed by atoms with E-state index in [9.17, 15) is 0 Å². The zero-order valence-corrected chi connectivity index (χ0v) is 9.22. The summed E-state index contributed by atoms with van der Waals surface area (Å²) in [6.45, 7) is 4.46. The van der Waals surface area contributed by atoms with Gasteiger partial charge in [0.15, 0.2) is 0 Å². The summed E-state index contributed by atoms with van der Waals surface area (Å²) in [6.07, 6.45) is 2.83. The van der Waals surface area contributed by atoms with Crippen LogP contribution in [0.3, 0.4) is 0 Å². The molecule has 1 saturated heterocycles. The standard InChI is InChI=1S/C10H20N2S/c1-8-7-13-5-4-12(8)10(6-11)9-2-3-9/h8-10H,2-7,11H2,1H3. The first-order valence-corrected chi connectivity index (χ1v) is 6.52. The van der Waals surface area contributed by atoms with Crippen molar-refractivity contribution < 1.29 is 0 Å². The molecule has 2 rings (SSSR count). The Morgan fingerprint density at radius 1 is 1.54 bits per heavy atom. The third-order valence-corrected chi connectivity index (χ3v) is 4.44. The van der Waals surface area contributed by atoms with Crippen LogP contribution in [0.1, 0.15) is 19.8 Å². The minimum Gasteiger partial charge on any atom is -0.329 e. The number of nitrogens with zero attached hydrogens (tertiary/aromatic N) is 1. The molecule has 2 N–H and O–H groups in total. The monoisotopic (exact) mass is 200 g/mol. The molecule has 2 aliphatic rings. The molecule has 0 amide bonds. The third kappa shape index (κ3) is 2.20. The lowest BCUT2D eigenvalue weighted by atomic mass is 10.1. The van der Waals surface area contributed by atoms with Crippen LogP contribution >= 0.6 is 11.8 Å². The molecule has 0 aromatic heterocycles. The average molecular weight is 200 g/mol. The fourth-order valence-electron chi connectivity index (χ4n) is 2.31. The van der Waals surface area contributed by atoms with Crippen LogP contribution in [0, 0.1) is 5.92 Å². The Kier molecular flexibility index (Phi) is 3.17. The van der Waals surface area contributed by atoms with Crippen LogP contribution in [0.15, 0.2) is 0 Å². The topological polar surface area (TPSA) is 29.3 Å². The molecule has 1 saturated carbocycles. The smallest absolute Gasteiger partial charge is 0.0250 e. The predicted octanol–water partition coefficient (Wildman–Crippen LogP) is 1.16. The van der Waals surface area contributed by atoms with E-state index < -0.39 is 0 Å². The molecule has 0 bridgehead atoms. The van der Waals surface area contributed by atoms with Crippen molar-refractivity contribution in [2.75, 3.05) is 24.6 Å². The summed E-state index contributed by atoms with van der Waals surface area (Å²) >= 11 is 2.08. The molecule has 1 aliphatic heterocycles. The normalized spacial score (nSPS) is 33.2. The number of hydrogen-bond donors (Lipinski definition) is 1. The molecular formula is C10H20N2S. The molecule has 2 nitrogen and oxygen atoms in total. The summed E-state index contributed by atoms with van der Waals surface area (Å²) in [4.78, 5) is 2.65. The van der Waals surface area contributed by atoms with Gasteiger partial charge in [0.05, 0.1) is 0 Å². The molecule has 3 heteroatoms. The van der Waals surface area contributed by atoms with E-state index in [4.69, 9.17) is 5.73 Å². The summed E-state index contributed by atoms with van der Waals surface area (Å²) in [5.41, 5.74) is 5.86. The Morgan fingerprint density at radius 3 is 2.85 bits per heavy atom. The zero-order chi connectivity index (χ0) is 9.26. The van der Waals surface area contributed by atoms with Crippen LogP contribution in [0.25, 0.3) is 0 Å². The van der Waals surface area contributed by atoms with Crippen molar-refractivity contribution >= 4 is 11.8 Å². The summed E-state index contributed by atoms with van der Waals surface area (Å²) in [6, 6.07) is 1.43. The number of rotatable bonds is 3. The van der Waals surface area contributed by atoms with E-state index in [-0.39, 0.29) is 0 Å². The summed E-state index contributed by atoms with van der Waals surface area (Å²) in [5, 5.41) is 0. The maximum Gasteiger partial charge on any atom is 0.0250 e. The van der Waals surface area contributed by atoms with Crippen LogP contribution in [0.5, 0.6) is 0 Å². The predicted molar refractivity (Wildman–Crippen MR) is 59.1 cm³/mol. The first-order chi connectivity index (χ1) is 6.33. The second-order valence-electron chi connectivity index (χ2n) is 4.30. The van der Waals surface area contributed by atoms with E-state index in [1.54, 1.807) is 0 Å². The minimum absolute atomic E-state index is 0.691. The first kappa shape index (κ1) is 9.81. The Bertz CT molecular complexity index is 170. The lowest BCUT2D eigenvalue weighted by Crippen LogP contribution is -2.51. The highest BCUT2D eigenvalue weighted by atomic mass is 32.2. The lowest BCUT2D eigenvalue weighted by molar-refractivity contribution is 0.148. The maximum absolute atomic E-state index is 5.86. The summed E-state index contributed by atoms with van der Waals surface area (Å²) in [5.74, 6) is 3.52. The van der Waals surface area contributed by atoms with Crippen LogP contribution in [0.2, 0.25) is 0 Å². The van der Waals surface area contributed by atoms with Gasteiger partial charge in [-0.15, -0.1) is 0 Å². The number of hydrogen-bond acceptors (Lipinski definition) is 3. The molecule has 1 aliphatic carbocycles. The van der Waals surface area contributed by atoms with Gasteiger partial charge in [-0.1, -0.05) is 0 Å². The van der Waals surface area contributed by atoms with Gasteiger partial charge in [-0.25, -0.2) is 0 Å². The van der Waals surface area contributed by atoms with E-state index in [0.717, 1.165) is 18.5 Å². The van der Waals surface area contributed by atoms with Gasteiger partial charge in [-0.2, -0.15) is 11.8 Å². The highest BCUT2D eigenvalue weighted by Crippen LogP contribution is 2.36. The average Bonchev–Trinajstić information content (AvgIpc) is 2.93. The fraction of sp³-hybridized carbons (Fsp3) is 1.00. The van der Waals surface area contributed by atoms with Crippen molar-refractivity contribution in [3.63, 3.8) is 0 Å². The molecular weight excluding hydrogens is 180 g/mol. The van der Waals surface area contributed by atoms with Gasteiger partial charge < -0.3 is 5.73 Å². The highest BCUT2D eigenvalue weighted by Gasteiger charge is 2.36. The van der Waals surface area contributed by atoms with Crippen LogP contribution in [0.4, 0.5) is 0 Å². The van der Waals surface area contributed by atoms with E-state index in [0.29, 0.717) is 6.04 Å². The van der Waals surface area contributed by atoms with Crippen molar-refractivity contribution in [1.82, 2.24) is 4.90 Å². The van der Waals surface area contributed by atoms with Crippen LogP contribution in [-0.4, -0.2) is 41.6 Å². The van der Waals surface area contributed by atoms with Gasteiger partial charge in [0, 0.05) is 36.7 Å². The molecule has 1 heterocycles. The highest BCUT2D eigenvalue weighted by molar-refractivity contribution is 7.99. The van der Waals surface area contributed by atoms with E-state index >= 15 is 0 Å². The Hall–Kier alpha value is 0.270. The van der Waals surface area contributed by atoms with Crippen molar-refractivity contribution in [2.24, 2.45) is 11.7 Å². The number of nitrogens with two attached hydrogens (primary N) is 1. The largest absolute Gasteiger partial charge is 0.329 e. The number of thioether (sulfide) groups is 1. The van der Waals surface area contributed by atoms with Crippen LogP contribution in [-0.2, 0) is 0 Å². The van der Waals surface area contributed by atoms with Gasteiger partial charge in [0.1, 0.15) is 0 Å². The first-order valence-electron chi connectivity index (χ1n) is 5.36. The molecule has 13 heavy (non-hydrogen) atoms. The molecule has 0 aromatic carbocycles.